The van der Waals surface area contributed by atoms with Crippen LogP contribution in [0.15, 0.2) is 12.1 Å². The zero-order chi connectivity index (χ0) is 12.1. The van der Waals surface area contributed by atoms with E-state index in [9.17, 15) is 24.3 Å². The number of phenolic OH excluding ortho intramolecular Hbond substituents is 1. The fourth-order valence-corrected chi connectivity index (χ4v) is 1.09. The molecule has 0 atom stereocenters. The van der Waals surface area contributed by atoms with E-state index < -0.39 is 11.7 Å². The topological polar surface area (TPSA) is 97.7 Å². The molecule has 16 heavy (non-hydrogen) atoms. The van der Waals surface area contributed by atoms with E-state index in [1.807, 2.05) is 0 Å². The monoisotopic (exact) mass is 222 g/mol. The molecule has 0 unspecified atom stereocenters. The van der Waals surface area contributed by atoms with Crippen molar-refractivity contribution >= 4 is 25.0 Å². The molecule has 0 radical (unpaired) electrons. The average molecular weight is 222 g/mol. The lowest BCUT2D eigenvalue weighted by Gasteiger charge is -2.03. The van der Waals surface area contributed by atoms with Crippen LogP contribution in [-0.2, 0) is 9.53 Å². The second-order valence-corrected chi connectivity index (χ2v) is 2.74. The van der Waals surface area contributed by atoms with Crippen LogP contribution in [-0.4, -0.2) is 30.1 Å². The number of aromatic hydroxyl groups is 1. The van der Waals surface area contributed by atoms with E-state index in [1.165, 1.54) is 0 Å². The molecule has 0 saturated carbocycles. The van der Waals surface area contributed by atoms with Gasteiger partial charge in [0.25, 0.3) is 0 Å². The Hall–Kier alpha value is -2.50. The van der Waals surface area contributed by atoms with Gasteiger partial charge in [-0.25, -0.2) is 4.79 Å². The molecular formula is C10H6O6. The molecule has 0 saturated heterocycles. The lowest BCUT2D eigenvalue weighted by molar-refractivity contribution is -0.123. The molecule has 0 aromatic heterocycles. The molecule has 0 heterocycles. The van der Waals surface area contributed by atoms with Crippen LogP contribution in [0.2, 0.25) is 0 Å². The molecule has 0 aliphatic rings. The van der Waals surface area contributed by atoms with Gasteiger partial charge in [-0.1, -0.05) is 0 Å². The third-order valence-corrected chi connectivity index (χ3v) is 1.81. The minimum Gasteiger partial charge on any atom is -0.506 e. The van der Waals surface area contributed by atoms with Gasteiger partial charge in [-0.3, -0.25) is 14.4 Å². The van der Waals surface area contributed by atoms with Crippen LogP contribution in [0.3, 0.4) is 0 Å². The van der Waals surface area contributed by atoms with Crippen molar-refractivity contribution in [1.82, 2.24) is 0 Å². The average Bonchev–Trinajstić information content (AvgIpc) is 2.29. The summed E-state index contributed by atoms with van der Waals surface area (Å²) < 4.78 is 4.03. The normalized spacial score (nSPS) is 9.25. The lowest BCUT2D eigenvalue weighted by atomic mass is 10.1. The second-order valence-electron chi connectivity index (χ2n) is 2.74. The van der Waals surface area contributed by atoms with Crippen LogP contribution in [0.1, 0.15) is 31.1 Å². The number of esters is 1. The minimum absolute atomic E-state index is 0.0731. The van der Waals surface area contributed by atoms with Crippen molar-refractivity contribution in [3.05, 3.63) is 28.8 Å². The van der Waals surface area contributed by atoms with E-state index in [0.717, 1.165) is 12.1 Å². The highest BCUT2D eigenvalue weighted by Gasteiger charge is 2.14. The van der Waals surface area contributed by atoms with Crippen LogP contribution in [0.5, 0.6) is 5.75 Å². The van der Waals surface area contributed by atoms with Crippen molar-refractivity contribution in [3.8, 4) is 5.75 Å². The van der Waals surface area contributed by atoms with E-state index in [2.05, 4.69) is 4.74 Å². The summed E-state index contributed by atoms with van der Waals surface area (Å²) in [4.78, 5) is 42.1. The maximum Gasteiger partial charge on any atom is 0.345 e. The zero-order valence-electron chi connectivity index (χ0n) is 7.88. The summed E-state index contributed by atoms with van der Waals surface area (Å²) in [5, 5.41) is 9.34. The largest absolute Gasteiger partial charge is 0.506 e. The number of hydrogen-bond donors (Lipinski definition) is 1. The van der Waals surface area contributed by atoms with E-state index in [0.29, 0.717) is 0 Å². The Labute approximate surface area is 89.4 Å². The fraction of sp³-hybridized carbons (Fsp3) is 0. The number of ether oxygens (including phenoxy) is 1. The van der Waals surface area contributed by atoms with Crippen molar-refractivity contribution in [2.45, 2.75) is 0 Å². The first-order chi connectivity index (χ1) is 7.63. The maximum absolute atomic E-state index is 11.1. The summed E-state index contributed by atoms with van der Waals surface area (Å²) in [6, 6.07) is 2.03. The fourth-order valence-electron chi connectivity index (χ4n) is 1.09. The molecule has 6 nitrogen and oxygen atoms in total. The number of phenols is 1. The van der Waals surface area contributed by atoms with Gasteiger partial charge in [-0.15, -0.1) is 0 Å². The van der Waals surface area contributed by atoms with E-state index in [1.54, 1.807) is 0 Å². The van der Waals surface area contributed by atoms with Crippen LogP contribution in [0.4, 0.5) is 0 Å². The van der Waals surface area contributed by atoms with Gasteiger partial charge < -0.3 is 9.84 Å². The number of rotatable bonds is 4. The first-order valence-electron chi connectivity index (χ1n) is 4.06. The van der Waals surface area contributed by atoms with E-state index in [4.69, 9.17) is 0 Å². The second kappa shape index (κ2) is 4.83. The standard InChI is InChI=1S/C10H6O6/c11-3-7-1-6(10(15)16-5-13)2-8(4-12)9(7)14/h1-5,14H. The van der Waals surface area contributed by atoms with E-state index >= 15 is 0 Å². The molecule has 0 spiro atoms. The van der Waals surface area contributed by atoms with E-state index in [-0.39, 0.29) is 35.7 Å². The first-order valence-corrected chi connectivity index (χ1v) is 4.06. The number of carbonyl (C=O) groups excluding carboxylic acids is 4. The minimum atomic E-state index is -1.01. The maximum atomic E-state index is 11.1. The van der Waals surface area contributed by atoms with Crippen LogP contribution in [0, 0.1) is 0 Å². The molecule has 82 valence electrons. The summed E-state index contributed by atoms with van der Waals surface area (Å²) in [5.41, 5.74) is -0.640. The molecule has 0 bridgehead atoms. The molecule has 1 rings (SSSR count). The van der Waals surface area contributed by atoms with Gasteiger partial charge >= 0.3 is 12.4 Å². The Bertz CT molecular complexity index is 433. The third-order valence-electron chi connectivity index (χ3n) is 1.81. The summed E-state index contributed by atoms with van der Waals surface area (Å²) in [6.07, 6.45) is 0.556. The SMILES string of the molecule is O=COC(=O)c1cc(C=O)c(O)c(C=O)c1. The number of aldehydes is 2. The Morgan fingerprint density at radius 3 is 2.00 bits per heavy atom. The van der Waals surface area contributed by atoms with Crippen LogP contribution < -0.4 is 0 Å². The highest BCUT2D eigenvalue weighted by Crippen LogP contribution is 2.22. The molecule has 0 aliphatic carbocycles. The highest BCUT2D eigenvalue weighted by molar-refractivity contribution is 5.98. The number of hydrogen-bond acceptors (Lipinski definition) is 6. The Balaban J connectivity index is 3.31. The summed E-state index contributed by atoms with van der Waals surface area (Å²) in [6.45, 7) is -0.0731. The zero-order valence-corrected chi connectivity index (χ0v) is 7.88. The molecule has 1 N–H and O–H groups in total. The lowest BCUT2D eigenvalue weighted by Crippen LogP contribution is -2.05. The molecule has 1 aromatic rings. The summed E-state index contributed by atoms with van der Waals surface area (Å²) in [5.74, 6) is -1.53. The van der Waals surface area contributed by atoms with Gasteiger partial charge in [-0.2, -0.15) is 0 Å². The summed E-state index contributed by atoms with van der Waals surface area (Å²) >= 11 is 0. The van der Waals surface area contributed by atoms with Gasteiger partial charge in [-0.05, 0) is 12.1 Å². The van der Waals surface area contributed by atoms with Gasteiger partial charge in [0.05, 0.1) is 16.7 Å². The number of carbonyl (C=O) groups is 4. The molecular weight excluding hydrogens is 216 g/mol. The van der Waals surface area contributed by atoms with Gasteiger partial charge in [0.2, 0.25) is 0 Å². The molecule has 0 amide bonds. The van der Waals surface area contributed by atoms with Gasteiger partial charge in [0, 0.05) is 0 Å². The van der Waals surface area contributed by atoms with Crippen LogP contribution >= 0.6 is 0 Å². The Kier molecular flexibility index (Phi) is 3.49. The first kappa shape index (κ1) is 11.6. The Morgan fingerprint density at radius 1 is 1.12 bits per heavy atom. The molecule has 0 fully saturated rings. The smallest absolute Gasteiger partial charge is 0.345 e. The summed E-state index contributed by atoms with van der Waals surface area (Å²) in [7, 11) is 0. The molecule has 0 aliphatic heterocycles. The quantitative estimate of drug-likeness (QED) is 0.448. The Morgan fingerprint density at radius 2 is 1.62 bits per heavy atom. The van der Waals surface area contributed by atoms with Crippen LogP contribution in [0.25, 0.3) is 0 Å². The van der Waals surface area contributed by atoms with Gasteiger partial charge in [0.1, 0.15) is 5.75 Å². The van der Waals surface area contributed by atoms with Crippen molar-refractivity contribution in [2.24, 2.45) is 0 Å². The molecule has 1 aromatic carbocycles. The van der Waals surface area contributed by atoms with Crippen molar-refractivity contribution < 1.29 is 29.0 Å². The van der Waals surface area contributed by atoms with Crippen molar-refractivity contribution in [3.63, 3.8) is 0 Å². The third kappa shape index (κ3) is 2.11. The van der Waals surface area contributed by atoms with Crippen molar-refractivity contribution in [1.29, 1.82) is 0 Å². The predicted molar refractivity (Wildman–Crippen MR) is 50.4 cm³/mol. The van der Waals surface area contributed by atoms with Gasteiger partial charge in [0.15, 0.2) is 12.6 Å². The number of benzene rings is 1. The predicted octanol–water partition coefficient (Wildman–Crippen LogP) is 0.330. The van der Waals surface area contributed by atoms with Crippen molar-refractivity contribution in [2.75, 3.05) is 0 Å². The molecule has 6 heteroatoms. The highest BCUT2D eigenvalue weighted by atomic mass is 16.6.